The van der Waals surface area contributed by atoms with E-state index in [2.05, 4.69) is 10.6 Å². The third-order valence-electron chi connectivity index (χ3n) is 4.88. The monoisotopic (exact) mass is 406 g/mol. The van der Waals surface area contributed by atoms with Crippen molar-refractivity contribution in [2.45, 2.75) is 64.0 Å². The first-order chi connectivity index (χ1) is 13.9. The predicted octanol–water partition coefficient (Wildman–Crippen LogP) is 2.73. The summed E-state index contributed by atoms with van der Waals surface area (Å²) in [6.07, 6.45) is 4.60. The fourth-order valence-electron chi connectivity index (χ4n) is 3.25. The molecule has 2 rings (SSSR count). The Balaban J connectivity index is 1.76. The minimum Gasteiger partial charge on any atom is -0.497 e. The molecule has 1 aromatic carbocycles. The number of benzene rings is 1. The molecule has 1 atom stereocenters. The van der Waals surface area contributed by atoms with Gasteiger partial charge in [0.2, 0.25) is 0 Å². The summed E-state index contributed by atoms with van der Waals surface area (Å²) < 4.78 is 15.6. The van der Waals surface area contributed by atoms with Crippen molar-refractivity contribution >= 4 is 17.9 Å². The Labute approximate surface area is 171 Å². The maximum absolute atomic E-state index is 12.1. The predicted molar refractivity (Wildman–Crippen MR) is 107 cm³/mol. The van der Waals surface area contributed by atoms with Crippen LogP contribution in [0.5, 0.6) is 11.5 Å². The van der Waals surface area contributed by atoms with Crippen LogP contribution < -0.4 is 20.1 Å². The van der Waals surface area contributed by atoms with E-state index >= 15 is 0 Å². The van der Waals surface area contributed by atoms with E-state index in [9.17, 15) is 14.4 Å². The molecule has 29 heavy (non-hydrogen) atoms. The van der Waals surface area contributed by atoms with Gasteiger partial charge in [0.1, 0.15) is 11.5 Å². The third-order valence-corrected chi connectivity index (χ3v) is 4.88. The Morgan fingerprint density at radius 3 is 2.24 bits per heavy atom. The molecular formula is C21H30N2O6. The standard InChI is InChI=1S/C21H30N2O6/c1-14(20(25)23-21(26)22-16-7-5-4-6-8-16)29-19(24)10-9-15-11-17(27-2)13-18(12-15)28-3/h11-14,16H,4-10H2,1-3H3,(H2,22,23,25,26)/t14-/m0/s1. The molecule has 0 heterocycles. The minimum atomic E-state index is -1.06. The lowest BCUT2D eigenvalue weighted by Crippen LogP contribution is -2.48. The van der Waals surface area contributed by atoms with E-state index in [-0.39, 0.29) is 12.5 Å². The van der Waals surface area contributed by atoms with Gasteiger partial charge in [-0.15, -0.1) is 0 Å². The van der Waals surface area contributed by atoms with E-state index in [1.165, 1.54) is 13.3 Å². The van der Waals surface area contributed by atoms with Gasteiger partial charge in [0.25, 0.3) is 5.91 Å². The van der Waals surface area contributed by atoms with Gasteiger partial charge in [-0.25, -0.2) is 4.79 Å². The largest absolute Gasteiger partial charge is 0.497 e. The van der Waals surface area contributed by atoms with Crippen molar-refractivity contribution in [3.63, 3.8) is 0 Å². The zero-order chi connectivity index (χ0) is 21.2. The van der Waals surface area contributed by atoms with Crippen molar-refractivity contribution in [2.75, 3.05) is 14.2 Å². The van der Waals surface area contributed by atoms with Gasteiger partial charge < -0.3 is 19.5 Å². The number of hydrogen-bond acceptors (Lipinski definition) is 6. The minimum absolute atomic E-state index is 0.0855. The number of esters is 1. The summed E-state index contributed by atoms with van der Waals surface area (Å²) in [5.41, 5.74) is 0.849. The van der Waals surface area contributed by atoms with Crippen LogP contribution in [0.3, 0.4) is 0 Å². The van der Waals surface area contributed by atoms with Gasteiger partial charge in [-0.1, -0.05) is 19.3 Å². The molecule has 1 saturated carbocycles. The quantitative estimate of drug-likeness (QED) is 0.644. The molecule has 2 N–H and O–H groups in total. The molecule has 0 saturated heterocycles. The van der Waals surface area contributed by atoms with Crippen molar-refractivity contribution < 1.29 is 28.6 Å². The zero-order valence-corrected chi connectivity index (χ0v) is 17.3. The summed E-state index contributed by atoms with van der Waals surface area (Å²) in [7, 11) is 3.11. The van der Waals surface area contributed by atoms with Crippen LogP contribution in [0.25, 0.3) is 0 Å². The highest BCUT2D eigenvalue weighted by Crippen LogP contribution is 2.23. The van der Waals surface area contributed by atoms with Gasteiger partial charge in [0.05, 0.1) is 14.2 Å². The molecule has 3 amide bonds. The molecule has 1 fully saturated rings. The van der Waals surface area contributed by atoms with Crippen molar-refractivity contribution in [1.82, 2.24) is 10.6 Å². The highest BCUT2D eigenvalue weighted by Gasteiger charge is 2.22. The second-order valence-electron chi connectivity index (χ2n) is 7.15. The zero-order valence-electron chi connectivity index (χ0n) is 17.3. The summed E-state index contributed by atoms with van der Waals surface area (Å²) in [6.45, 7) is 1.44. The van der Waals surface area contributed by atoms with Crippen LogP contribution in [-0.2, 0) is 20.7 Å². The number of amides is 3. The van der Waals surface area contributed by atoms with Gasteiger partial charge in [-0.2, -0.15) is 0 Å². The summed E-state index contributed by atoms with van der Waals surface area (Å²) in [6, 6.07) is 4.90. The first-order valence-corrected chi connectivity index (χ1v) is 9.94. The van der Waals surface area contributed by atoms with Gasteiger partial charge in [-0.3, -0.25) is 14.9 Å². The van der Waals surface area contributed by atoms with Crippen molar-refractivity contribution in [3.05, 3.63) is 23.8 Å². The number of nitrogens with one attached hydrogen (secondary N) is 2. The number of carbonyl (C=O) groups excluding carboxylic acids is 3. The van der Waals surface area contributed by atoms with Crippen LogP contribution in [0.4, 0.5) is 4.79 Å². The van der Waals surface area contributed by atoms with Crippen LogP contribution in [0.2, 0.25) is 0 Å². The topological polar surface area (TPSA) is 103 Å². The van der Waals surface area contributed by atoms with Crippen LogP contribution in [0.15, 0.2) is 18.2 Å². The highest BCUT2D eigenvalue weighted by molar-refractivity contribution is 5.97. The Morgan fingerprint density at radius 1 is 1.03 bits per heavy atom. The smallest absolute Gasteiger partial charge is 0.321 e. The lowest BCUT2D eigenvalue weighted by molar-refractivity contribution is -0.154. The SMILES string of the molecule is COc1cc(CCC(=O)O[C@@H](C)C(=O)NC(=O)NC2CCCCC2)cc(OC)c1. The Bertz CT molecular complexity index is 693. The Kier molecular flexibility index (Phi) is 8.76. The molecule has 0 aromatic heterocycles. The fourth-order valence-corrected chi connectivity index (χ4v) is 3.25. The number of hydrogen-bond donors (Lipinski definition) is 2. The van der Waals surface area contributed by atoms with Crippen molar-refractivity contribution in [3.8, 4) is 11.5 Å². The van der Waals surface area contributed by atoms with Crippen LogP contribution in [0.1, 0.15) is 51.0 Å². The van der Waals surface area contributed by atoms with E-state index < -0.39 is 24.0 Å². The number of aryl methyl sites for hydroxylation is 1. The number of rotatable bonds is 8. The fraction of sp³-hybridized carbons (Fsp3) is 0.571. The van der Waals surface area contributed by atoms with Gasteiger partial charge in [-0.05, 0) is 43.9 Å². The first kappa shape index (κ1) is 22.5. The van der Waals surface area contributed by atoms with Gasteiger partial charge in [0, 0.05) is 18.5 Å². The molecule has 0 bridgehead atoms. The van der Waals surface area contributed by atoms with E-state index in [1.807, 2.05) is 12.1 Å². The molecule has 0 radical (unpaired) electrons. The summed E-state index contributed by atoms with van der Waals surface area (Å²) >= 11 is 0. The highest BCUT2D eigenvalue weighted by atomic mass is 16.5. The number of ether oxygens (including phenoxy) is 3. The molecule has 8 nitrogen and oxygen atoms in total. The molecule has 1 aliphatic carbocycles. The van der Waals surface area contributed by atoms with Crippen LogP contribution >= 0.6 is 0 Å². The van der Waals surface area contributed by atoms with Crippen molar-refractivity contribution in [1.29, 1.82) is 0 Å². The Morgan fingerprint density at radius 2 is 1.66 bits per heavy atom. The van der Waals surface area contributed by atoms with E-state index in [1.54, 1.807) is 20.3 Å². The molecule has 0 aliphatic heterocycles. The number of methoxy groups -OCH3 is 2. The average molecular weight is 406 g/mol. The Hall–Kier alpha value is -2.77. The molecule has 8 heteroatoms. The summed E-state index contributed by atoms with van der Waals surface area (Å²) in [5.74, 6) is 0.0886. The van der Waals surface area contributed by atoms with E-state index in [0.29, 0.717) is 17.9 Å². The molecule has 0 spiro atoms. The number of urea groups is 1. The first-order valence-electron chi connectivity index (χ1n) is 9.94. The molecule has 160 valence electrons. The van der Waals surface area contributed by atoms with E-state index in [0.717, 1.165) is 31.2 Å². The van der Waals surface area contributed by atoms with Crippen LogP contribution in [0, 0.1) is 0 Å². The van der Waals surface area contributed by atoms with Gasteiger partial charge in [0.15, 0.2) is 6.10 Å². The average Bonchev–Trinajstić information content (AvgIpc) is 2.72. The maximum atomic E-state index is 12.1. The van der Waals surface area contributed by atoms with E-state index in [4.69, 9.17) is 14.2 Å². The van der Waals surface area contributed by atoms with Crippen LogP contribution in [-0.4, -0.2) is 44.3 Å². The number of carbonyl (C=O) groups is 3. The summed E-state index contributed by atoms with van der Waals surface area (Å²) in [5, 5.41) is 5.03. The molecule has 0 unspecified atom stereocenters. The normalized spacial score (nSPS) is 15.1. The lowest BCUT2D eigenvalue weighted by Gasteiger charge is -2.23. The molecule has 1 aliphatic rings. The lowest BCUT2D eigenvalue weighted by atomic mass is 9.96. The second kappa shape index (κ2) is 11.3. The van der Waals surface area contributed by atoms with Gasteiger partial charge >= 0.3 is 12.0 Å². The number of imide groups is 1. The third kappa shape index (κ3) is 7.63. The molecule has 1 aromatic rings. The summed E-state index contributed by atoms with van der Waals surface area (Å²) in [4.78, 5) is 36.1. The molecular weight excluding hydrogens is 376 g/mol. The van der Waals surface area contributed by atoms with Crippen molar-refractivity contribution in [2.24, 2.45) is 0 Å². The maximum Gasteiger partial charge on any atom is 0.321 e. The second-order valence-corrected chi connectivity index (χ2v) is 7.15.